The number of nitro benzene ring substituents is 1. The van der Waals surface area contributed by atoms with E-state index in [1.165, 1.54) is 30.3 Å². The fraction of sp³-hybridized carbons (Fsp3) is 0.278. The van der Waals surface area contributed by atoms with Gasteiger partial charge in [-0.05, 0) is 29.7 Å². The lowest BCUT2D eigenvalue weighted by Crippen LogP contribution is -2.37. The van der Waals surface area contributed by atoms with Crippen molar-refractivity contribution in [1.82, 2.24) is 0 Å². The van der Waals surface area contributed by atoms with Crippen molar-refractivity contribution in [3.63, 3.8) is 0 Å². The molecule has 0 fully saturated rings. The second-order valence-electron chi connectivity index (χ2n) is 6.99. The van der Waals surface area contributed by atoms with Gasteiger partial charge < -0.3 is 9.84 Å². The molecule has 0 radical (unpaired) electrons. The molecule has 0 bridgehead atoms. The Morgan fingerprint density at radius 1 is 1.33 bits per heavy atom. The summed E-state index contributed by atoms with van der Waals surface area (Å²) in [5, 5.41) is 21.0. The van der Waals surface area contributed by atoms with Crippen LogP contribution in [-0.2, 0) is 0 Å². The summed E-state index contributed by atoms with van der Waals surface area (Å²) in [7, 11) is 0. The average Bonchev–Trinajstić information content (AvgIpc) is 2.54. The Kier molecular flexibility index (Phi) is 5.90. The van der Waals surface area contributed by atoms with Gasteiger partial charge in [0.1, 0.15) is 17.3 Å². The summed E-state index contributed by atoms with van der Waals surface area (Å²) in [6.07, 6.45) is -1.32. The number of rotatable bonds is 5. The molecule has 1 amide bonds. The molecule has 2 aromatic carbocycles. The van der Waals surface area contributed by atoms with Crippen LogP contribution in [-0.4, -0.2) is 22.7 Å². The highest BCUT2D eigenvalue weighted by Gasteiger charge is 2.31. The summed E-state index contributed by atoms with van der Waals surface area (Å²) < 4.78 is 18.8. The van der Waals surface area contributed by atoms with E-state index in [0.717, 1.165) is 11.0 Å². The first-order chi connectivity index (χ1) is 12.5. The van der Waals surface area contributed by atoms with Gasteiger partial charge in [-0.3, -0.25) is 15.0 Å². The van der Waals surface area contributed by atoms with Crippen molar-refractivity contribution in [3.8, 4) is 11.5 Å². The van der Waals surface area contributed by atoms with Gasteiger partial charge in [-0.2, -0.15) is 0 Å². The van der Waals surface area contributed by atoms with Crippen LogP contribution in [0.25, 0.3) is 0 Å². The zero-order chi connectivity index (χ0) is 20.4. The Morgan fingerprint density at radius 2 is 2.00 bits per heavy atom. The van der Waals surface area contributed by atoms with Gasteiger partial charge >= 0.3 is 11.8 Å². The number of nitro groups is 1. The van der Waals surface area contributed by atoms with Gasteiger partial charge in [0.2, 0.25) is 5.75 Å². The minimum absolute atomic E-state index is 0.0367. The Morgan fingerprint density at radius 3 is 2.52 bits per heavy atom. The minimum atomic E-state index is -1.32. The fourth-order valence-corrected chi connectivity index (χ4v) is 2.56. The van der Waals surface area contributed by atoms with Crippen molar-refractivity contribution >= 4 is 29.1 Å². The van der Waals surface area contributed by atoms with E-state index in [9.17, 15) is 24.4 Å². The van der Waals surface area contributed by atoms with Crippen molar-refractivity contribution in [2.75, 3.05) is 11.4 Å². The average molecular weight is 397 g/mol. The van der Waals surface area contributed by atoms with E-state index in [0.29, 0.717) is 0 Å². The molecule has 0 aliphatic rings. The molecule has 2 aromatic rings. The van der Waals surface area contributed by atoms with E-state index >= 15 is 0 Å². The molecule has 0 heterocycles. The second-order valence-corrected chi connectivity index (χ2v) is 7.40. The minimum Gasteiger partial charge on any atom is -0.465 e. The number of halogens is 2. The first-order valence-corrected chi connectivity index (χ1v) is 8.28. The molecule has 0 saturated heterocycles. The van der Waals surface area contributed by atoms with E-state index < -0.39 is 27.9 Å². The Balaban J connectivity index is 2.53. The number of nitrogens with zero attached hydrogens (tertiary/aromatic N) is 2. The molecule has 0 unspecified atom stereocenters. The van der Waals surface area contributed by atoms with Crippen molar-refractivity contribution in [2.45, 2.75) is 20.8 Å². The summed E-state index contributed by atoms with van der Waals surface area (Å²) in [6, 6.07) is 7.62. The molecule has 0 atom stereocenters. The topological polar surface area (TPSA) is 92.9 Å². The van der Waals surface area contributed by atoms with Gasteiger partial charge in [-0.1, -0.05) is 38.4 Å². The number of hydrogen-bond acceptors (Lipinski definition) is 4. The van der Waals surface area contributed by atoms with Crippen LogP contribution in [0.15, 0.2) is 36.4 Å². The Hall–Kier alpha value is -2.87. The lowest BCUT2D eigenvalue weighted by Gasteiger charge is -2.27. The summed E-state index contributed by atoms with van der Waals surface area (Å²) in [4.78, 5) is 23.6. The number of amides is 1. The summed E-state index contributed by atoms with van der Waals surface area (Å²) >= 11 is 5.70. The van der Waals surface area contributed by atoms with Crippen molar-refractivity contribution in [2.24, 2.45) is 5.41 Å². The van der Waals surface area contributed by atoms with E-state index in [2.05, 4.69) is 0 Å². The molecule has 0 aliphatic carbocycles. The molecule has 1 N–H and O–H groups in total. The van der Waals surface area contributed by atoms with Crippen LogP contribution >= 0.6 is 11.6 Å². The predicted octanol–water partition coefficient (Wildman–Crippen LogP) is 5.71. The van der Waals surface area contributed by atoms with Crippen LogP contribution in [0.5, 0.6) is 11.5 Å². The number of para-hydroxylation sites is 1. The predicted molar refractivity (Wildman–Crippen MR) is 99.4 cm³/mol. The molecule has 7 nitrogen and oxygen atoms in total. The molecule has 0 aliphatic heterocycles. The first kappa shape index (κ1) is 20.4. The number of ether oxygens (including phenoxy) is 1. The normalized spacial score (nSPS) is 11.1. The van der Waals surface area contributed by atoms with Crippen LogP contribution in [0.3, 0.4) is 0 Å². The Labute approximate surface area is 160 Å². The quantitative estimate of drug-likeness (QED) is 0.516. The van der Waals surface area contributed by atoms with Gasteiger partial charge in [-0.25, -0.2) is 9.18 Å². The van der Waals surface area contributed by atoms with Crippen molar-refractivity contribution < 1.29 is 24.0 Å². The summed E-state index contributed by atoms with van der Waals surface area (Å²) in [6.45, 7) is 5.48. The van der Waals surface area contributed by atoms with Crippen LogP contribution in [0.2, 0.25) is 5.02 Å². The number of carbonyl (C=O) groups is 1. The lowest BCUT2D eigenvalue weighted by molar-refractivity contribution is -0.384. The van der Waals surface area contributed by atoms with E-state index in [1.54, 1.807) is 0 Å². The molecular formula is C18H18ClFN2O5. The fourth-order valence-electron chi connectivity index (χ4n) is 2.39. The van der Waals surface area contributed by atoms with Gasteiger partial charge in [0.05, 0.1) is 9.95 Å². The molecule has 0 aromatic heterocycles. The third-order valence-corrected chi connectivity index (χ3v) is 3.72. The van der Waals surface area contributed by atoms with E-state index in [-0.39, 0.29) is 28.8 Å². The Bertz CT molecular complexity index is 883. The molecule has 0 saturated carbocycles. The third kappa shape index (κ3) is 5.07. The highest BCUT2D eigenvalue weighted by atomic mass is 35.5. The van der Waals surface area contributed by atoms with Crippen LogP contribution in [0.1, 0.15) is 20.8 Å². The summed E-state index contributed by atoms with van der Waals surface area (Å²) in [5.41, 5.74) is -1.06. The number of benzene rings is 2. The number of hydrogen-bond donors (Lipinski definition) is 1. The highest BCUT2D eigenvalue weighted by molar-refractivity contribution is 6.30. The molecule has 0 spiro atoms. The van der Waals surface area contributed by atoms with Crippen molar-refractivity contribution in [3.05, 3.63) is 57.4 Å². The lowest BCUT2D eigenvalue weighted by atomic mass is 9.96. The molecular weight excluding hydrogens is 379 g/mol. The van der Waals surface area contributed by atoms with Crippen LogP contribution in [0.4, 0.5) is 20.6 Å². The maximum atomic E-state index is 13.3. The monoisotopic (exact) mass is 396 g/mol. The van der Waals surface area contributed by atoms with Gasteiger partial charge in [0.15, 0.2) is 0 Å². The maximum Gasteiger partial charge on any atom is 0.412 e. The standard InChI is InChI=1S/C18H18ClFN2O5/c1-18(2,3)10-21(17(23)24)14-5-4-6-15(16(14)22(25)26)27-11-7-8-13(20)12(19)9-11/h4-9H,10H2,1-3H3,(H,23,24). The largest absolute Gasteiger partial charge is 0.465 e. The zero-order valence-corrected chi connectivity index (χ0v) is 15.7. The third-order valence-electron chi connectivity index (χ3n) is 3.43. The second kappa shape index (κ2) is 7.79. The molecule has 9 heteroatoms. The SMILES string of the molecule is CC(C)(C)CN(C(=O)O)c1cccc(Oc2ccc(F)c(Cl)c2)c1[N+](=O)[O-]. The van der Waals surface area contributed by atoms with E-state index in [4.69, 9.17) is 16.3 Å². The van der Waals surface area contributed by atoms with Crippen LogP contribution < -0.4 is 9.64 Å². The molecule has 2 rings (SSSR count). The van der Waals surface area contributed by atoms with E-state index in [1.807, 2.05) is 20.8 Å². The molecule has 27 heavy (non-hydrogen) atoms. The maximum absolute atomic E-state index is 13.3. The first-order valence-electron chi connectivity index (χ1n) is 7.90. The van der Waals surface area contributed by atoms with Gasteiger partial charge in [-0.15, -0.1) is 0 Å². The smallest absolute Gasteiger partial charge is 0.412 e. The highest BCUT2D eigenvalue weighted by Crippen LogP contribution is 2.40. The van der Waals surface area contributed by atoms with Crippen LogP contribution in [0, 0.1) is 21.3 Å². The number of anilines is 1. The zero-order valence-electron chi connectivity index (χ0n) is 14.9. The molecule has 144 valence electrons. The summed E-state index contributed by atoms with van der Waals surface area (Å²) in [5.74, 6) is -0.755. The van der Waals surface area contributed by atoms with Gasteiger partial charge in [0, 0.05) is 12.6 Å². The van der Waals surface area contributed by atoms with Gasteiger partial charge in [0.25, 0.3) is 0 Å². The van der Waals surface area contributed by atoms with Crippen molar-refractivity contribution in [1.29, 1.82) is 0 Å². The number of carboxylic acid groups (broad SMARTS) is 1.